The van der Waals surface area contributed by atoms with Crippen LogP contribution in [-0.4, -0.2) is 41.3 Å². The van der Waals surface area contributed by atoms with E-state index >= 15 is 0 Å². The maximum atomic E-state index is 12.2. The molecule has 1 atom stereocenters. The topological polar surface area (TPSA) is 105 Å². The third-order valence-electron chi connectivity index (χ3n) is 3.62. The first-order valence-corrected chi connectivity index (χ1v) is 9.12. The van der Waals surface area contributed by atoms with Gasteiger partial charge in [0.2, 0.25) is 11.8 Å². The molecule has 0 aliphatic carbocycles. The molecule has 0 saturated heterocycles. The Morgan fingerprint density at radius 3 is 2.52 bits per heavy atom. The molecule has 2 amide bonds. The van der Waals surface area contributed by atoms with E-state index in [2.05, 4.69) is 10.6 Å². The Kier molecular flexibility index (Phi) is 7.25. The number of aromatic hydroxyl groups is 1. The standard InChI is InChI=1S/C19H20N2O5S/c1-12(19(25)21-16-9-13(10-22)3-8-17(16)23)27-11-18(24)20-14-4-6-15(26-2)7-5-14/h3-10,12,23H,11H2,1-2H3,(H,20,24)(H,21,25). The number of nitrogens with one attached hydrogen (secondary N) is 2. The number of ether oxygens (including phenoxy) is 1. The zero-order chi connectivity index (χ0) is 19.8. The molecule has 2 rings (SSSR count). The summed E-state index contributed by atoms with van der Waals surface area (Å²) in [5.74, 6) is 0.0187. The molecule has 8 heteroatoms. The lowest BCUT2D eigenvalue weighted by atomic mass is 10.2. The Bertz CT molecular complexity index is 823. The van der Waals surface area contributed by atoms with Gasteiger partial charge in [0, 0.05) is 11.3 Å². The summed E-state index contributed by atoms with van der Waals surface area (Å²) in [7, 11) is 1.56. The molecule has 0 radical (unpaired) electrons. The maximum Gasteiger partial charge on any atom is 0.237 e. The van der Waals surface area contributed by atoms with Crippen LogP contribution < -0.4 is 15.4 Å². The third kappa shape index (κ3) is 6.03. The second kappa shape index (κ2) is 9.63. The molecule has 3 N–H and O–H groups in total. The van der Waals surface area contributed by atoms with Gasteiger partial charge < -0.3 is 20.5 Å². The van der Waals surface area contributed by atoms with Gasteiger partial charge in [0.25, 0.3) is 0 Å². The van der Waals surface area contributed by atoms with E-state index in [1.165, 1.54) is 18.2 Å². The fraction of sp³-hybridized carbons (Fsp3) is 0.211. The van der Waals surface area contributed by atoms with E-state index in [1.54, 1.807) is 38.3 Å². The van der Waals surface area contributed by atoms with Crippen molar-refractivity contribution >= 4 is 41.2 Å². The van der Waals surface area contributed by atoms with E-state index in [0.717, 1.165) is 11.8 Å². The summed E-state index contributed by atoms with van der Waals surface area (Å²) >= 11 is 1.15. The highest BCUT2D eigenvalue weighted by molar-refractivity contribution is 8.01. The zero-order valence-corrected chi connectivity index (χ0v) is 15.7. The van der Waals surface area contributed by atoms with Crippen LogP contribution in [0.3, 0.4) is 0 Å². The van der Waals surface area contributed by atoms with Crippen molar-refractivity contribution in [2.75, 3.05) is 23.5 Å². The Balaban J connectivity index is 1.85. The number of anilines is 2. The van der Waals surface area contributed by atoms with Gasteiger partial charge in [-0.15, -0.1) is 11.8 Å². The van der Waals surface area contributed by atoms with Gasteiger partial charge in [0.05, 0.1) is 23.8 Å². The summed E-state index contributed by atoms with van der Waals surface area (Å²) in [4.78, 5) is 35.0. The Labute approximate surface area is 161 Å². The molecule has 142 valence electrons. The lowest BCUT2D eigenvalue weighted by Crippen LogP contribution is -2.25. The highest BCUT2D eigenvalue weighted by Crippen LogP contribution is 2.25. The Morgan fingerprint density at radius 1 is 1.19 bits per heavy atom. The highest BCUT2D eigenvalue weighted by Gasteiger charge is 2.17. The number of amides is 2. The number of carbonyl (C=O) groups is 3. The largest absolute Gasteiger partial charge is 0.506 e. The number of carbonyl (C=O) groups excluding carboxylic acids is 3. The van der Waals surface area contributed by atoms with Crippen molar-refractivity contribution in [2.24, 2.45) is 0 Å². The number of hydrogen-bond acceptors (Lipinski definition) is 6. The van der Waals surface area contributed by atoms with E-state index in [-0.39, 0.29) is 29.0 Å². The third-order valence-corrected chi connectivity index (χ3v) is 4.76. The van der Waals surface area contributed by atoms with E-state index in [0.29, 0.717) is 23.3 Å². The second-order valence-electron chi connectivity index (χ2n) is 5.61. The average Bonchev–Trinajstić information content (AvgIpc) is 2.68. The van der Waals surface area contributed by atoms with Crippen molar-refractivity contribution in [3.8, 4) is 11.5 Å². The normalized spacial score (nSPS) is 11.3. The van der Waals surface area contributed by atoms with Gasteiger partial charge in [-0.3, -0.25) is 14.4 Å². The smallest absolute Gasteiger partial charge is 0.237 e. The summed E-state index contributed by atoms with van der Waals surface area (Å²) in [6.45, 7) is 1.65. The molecule has 2 aromatic rings. The Hall–Kier alpha value is -3.00. The molecule has 0 fully saturated rings. The lowest BCUT2D eigenvalue weighted by molar-refractivity contribution is -0.115. The molecule has 27 heavy (non-hydrogen) atoms. The van der Waals surface area contributed by atoms with E-state index in [1.807, 2.05) is 0 Å². The van der Waals surface area contributed by atoms with Gasteiger partial charge in [-0.2, -0.15) is 0 Å². The predicted octanol–water partition coefficient (Wildman–Crippen LogP) is 2.91. The number of benzene rings is 2. The summed E-state index contributed by atoms with van der Waals surface area (Å²) < 4.78 is 5.05. The van der Waals surface area contributed by atoms with Gasteiger partial charge in [0.1, 0.15) is 17.8 Å². The molecule has 0 aromatic heterocycles. The number of phenolic OH excluding ortho intramolecular Hbond substituents is 1. The SMILES string of the molecule is COc1ccc(NC(=O)CSC(C)C(=O)Nc2cc(C=O)ccc2O)cc1. The number of rotatable bonds is 8. The van der Waals surface area contributed by atoms with Crippen LogP contribution >= 0.6 is 11.8 Å². The second-order valence-corrected chi connectivity index (χ2v) is 6.94. The fourth-order valence-corrected chi connectivity index (χ4v) is 2.79. The molecule has 0 aliphatic heterocycles. The zero-order valence-electron chi connectivity index (χ0n) is 14.9. The van der Waals surface area contributed by atoms with Crippen LogP contribution in [-0.2, 0) is 9.59 Å². The van der Waals surface area contributed by atoms with Gasteiger partial charge >= 0.3 is 0 Å². The molecule has 7 nitrogen and oxygen atoms in total. The maximum absolute atomic E-state index is 12.2. The fourth-order valence-electron chi connectivity index (χ4n) is 2.11. The summed E-state index contributed by atoms with van der Waals surface area (Å²) in [6.07, 6.45) is 0.622. The molecule has 0 bridgehead atoms. The van der Waals surface area contributed by atoms with Crippen molar-refractivity contribution in [2.45, 2.75) is 12.2 Å². The molecule has 0 saturated carbocycles. The van der Waals surface area contributed by atoms with E-state index < -0.39 is 5.25 Å². The number of thioether (sulfide) groups is 1. The first-order chi connectivity index (χ1) is 12.9. The van der Waals surface area contributed by atoms with Gasteiger partial charge in [-0.25, -0.2) is 0 Å². The van der Waals surface area contributed by atoms with Crippen LogP contribution in [0.25, 0.3) is 0 Å². The molecule has 2 aromatic carbocycles. The quantitative estimate of drug-likeness (QED) is 0.474. The molecule has 0 heterocycles. The monoisotopic (exact) mass is 388 g/mol. The lowest BCUT2D eigenvalue weighted by Gasteiger charge is -2.13. The molecule has 0 spiro atoms. The average molecular weight is 388 g/mol. The highest BCUT2D eigenvalue weighted by atomic mass is 32.2. The first kappa shape index (κ1) is 20.3. The van der Waals surface area contributed by atoms with Crippen molar-refractivity contribution in [1.82, 2.24) is 0 Å². The van der Waals surface area contributed by atoms with Crippen molar-refractivity contribution in [3.05, 3.63) is 48.0 Å². The van der Waals surface area contributed by atoms with Crippen molar-refractivity contribution in [1.29, 1.82) is 0 Å². The van der Waals surface area contributed by atoms with Crippen LogP contribution in [0.15, 0.2) is 42.5 Å². The minimum Gasteiger partial charge on any atom is -0.506 e. The van der Waals surface area contributed by atoms with Crippen molar-refractivity contribution in [3.63, 3.8) is 0 Å². The molecule has 0 aliphatic rings. The predicted molar refractivity (Wildman–Crippen MR) is 106 cm³/mol. The number of aldehydes is 1. The molecular weight excluding hydrogens is 368 g/mol. The van der Waals surface area contributed by atoms with Crippen LogP contribution in [0.5, 0.6) is 11.5 Å². The summed E-state index contributed by atoms with van der Waals surface area (Å²) in [6, 6.07) is 11.1. The van der Waals surface area contributed by atoms with Crippen LogP contribution in [0, 0.1) is 0 Å². The number of methoxy groups -OCH3 is 1. The van der Waals surface area contributed by atoms with E-state index in [4.69, 9.17) is 4.74 Å². The van der Waals surface area contributed by atoms with Gasteiger partial charge in [-0.1, -0.05) is 0 Å². The number of hydrogen-bond donors (Lipinski definition) is 3. The van der Waals surface area contributed by atoms with Crippen LogP contribution in [0.4, 0.5) is 11.4 Å². The van der Waals surface area contributed by atoms with Crippen LogP contribution in [0.1, 0.15) is 17.3 Å². The minimum atomic E-state index is -0.536. The van der Waals surface area contributed by atoms with Crippen molar-refractivity contribution < 1.29 is 24.2 Å². The number of phenols is 1. The van der Waals surface area contributed by atoms with E-state index in [9.17, 15) is 19.5 Å². The molecular formula is C19H20N2O5S. The van der Waals surface area contributed by atoms with Gasteiger partial charge in [0.15, 0.2) is 0 Å². The minimum absolute atomic E-state index is 0.0843. The summed E-state index contributed by atoms with van der Waals surface area (Å²) in [5, 5.41) is 14.5. The molecule has 1 unspecified atom stereocenters. The summed E-state index contributed by atoms with van der Waals surface area (Å²) in [5.41, 5.74) is 1.12. The first-order valence-electron chi connectivity index (χ1n) is 8.07. The Morgan fingerprint density at radius 2 is 1.89 bits per heavy atom. The van der Waals surface area contributed by atoms with Gasteiger partial charge in [-0.05, 0) is 49.4 Å². The van der Waals surface area contributed by atoms with Crippen LogP contribution in [0.2, 0.25) is 0 Å².